The smallest absolute Gasteiger partial charge is 0.0568 e. The predicted molar refractivity (Wildman–Crippen MR) is 89.2 cm³/mol. The molecular weight excluding hydrogens is 258 g/mol. The first-order valence-corrected chi connectivity index (χ1v) is 7.96. The van der Waals surface area contributed by atoms with Crippen LogP contribution in [0.4, 0.5) is 0 Å². The van der Waals surface area contributed by atoms with Gasteiger partial charge < -0.3 is 5.32 Å². The third-order valence-electron chi connectivity index (χ3n) is 3.75. The fraction of sp³-hybridized carbons (Fsp3) is 0.500. The second kappa shape index (κ2) is 7.99. The Morgan fingerprint density at radius 3 is 2.52 bits per heavy atom. The fourth-order valence-corrected chi connectivity index (χ4v) is 2.38. The predicted octanol–water partition coefficient (Wildman–Crippen LogP) is 3.96. The van der Waals surface area contributed by atoms with Gasteiger partial charge in [-0.1, -0.05) is 44.2 Å². The highest BCUT2D eigenvalue weighted by molar-refractivity contribution is 5.61. The Morgan fingerprint density at radius 2 is 1.81 bits per heavy atom. The summed E-state index contributed by atoms with van der Waals surface area (Å²) < 4.78 is 2.02. The minimum atomic E-state index is 0.580. The van der Waals surface area contributed by atoms with Crippen molar-refractivity contribution in [1.82, 2.24) is 15.1 Å². The molecule has 3 heteroatoms. The molecule has 0 saturated carbocycles. The summed E-state index contributed by atoms with van der Waals surface area (Å²) in [6, 6.07) is 11.0. The molecule has 2 aromatic rings. The number of rotatable bonds is 8. The van der Waals surface area contributed by atoms with Gasteiger partial charge in [0.1, 0.15) is 0 Å². The van der Waals surface area contributed by atoms with Gasteiger partial charge in [-0.3, -0.25) is 4.68 Å². The highest BCUT2D eigenvalue weighted by Gasteiger charge is 2.04. The van der Waals surface area contributed by atoms with E-state index in [1.807, 2.05) is 16.9 Å². The fourth-order valence-electron chi connectivity index (χ4n) is 2.38. The summed E-state index contributed by atoms with van der Waals surface area (Å²) in [6.07, 6.45) is 6.59. The van der Waals surface area contributed by atoms with Crippen molar-refractivity contribution < 1.29 is 0 Å². The molecule has 3 nitrogen and oxygen atoms in total. The second-order valence-corrected chi connectivity index (χ2v) is 6.18. The molecule has 1 unspecified atom stereocenters. The zero-order valence-electron chi connectivity index (χ0n) is 13.4. The van der Waals surface area contributed by atoms with Gasteiger partial charge in [-0.2, -0.15) is 5.10 Å². The molecule has 0 aliphatic heterocycles. The summed E-state index contributed by atoms with van der Waals surface area (Å²) >= 11 is 0. The molecule has 21 heavy (non-hydrogen) atoms. The van der Waals surface area contributed by atoms with Crippen molar-refractivity contribution in [1.29, 1.82) is 0 Å². The number of nitrogens with zero attached hydrogens (tertiary/aromatic N) is 2. The maximum atomic E-state index is 4.44. The highest BCUT2D eigenvalue weighted by Crippen LogP contribution is 2.17. The van der Waals surface area contributed by atoms with Crippen LogP contribution in [-0.4, -0.2) is 22.4 Å². The molecule has 0 amide bonds. The van der Waals surface area contributed by atoms with Gasteiger partial charge in [0.2, 0.25) is 0 Å². The van der Waals surface area contributed by atoms with E-state index < -0.39 is 0 Å². The SMILES string of the molecule is CC(C)CCC(C)NCCn1cc(-c2ccccc2)cn1. The van der Waals surface area contributed by atoms with E-state index in [0.29, 0.717) is 6.04 Å². The molecule has 0 aliphatic carbocycles. The first-order valence-electron chi connectivity index (χ1n) is 7.96. The molecule has 0 radical (unpaired) electrons. The minimum absolute atomic E-state index is 0.580. The van der Waals surface area contributed by atoms with Crippen LogP contribution in [0.2, 0.25) is 0 Å². The van der Waals surface area contributed by atoms with Gasteiger partial charge in [-0.15, -0.1) is 0 Å². The van der Waals surface area contributed by atoms with Crippen LogP contribution < -0.4 is 5.32 Å². The van der Waals surface area contributed by atoms with Crippen LogP contribution in [0, 0.1) is 5.92 Å². The molecular formula is C18H27N3. The van der Waals surface area contributed by atoms with E-state index in [1.54, 1.807) is 0 Å². The summed E-state index contributed by atoms with van der Waals surface area (Å²) in [5.74, 6) is 0.786. The van der Waals surface area contributed by atoms with Crippen LogP contribution in [0.25, 0.3) is 11.1 Å². The van der Waals surface area contributed by atoms with Crippen LogP contribution in [0.15, 0.2) is 42.7 Å². The van der Waals surface area contributed by atoms with Crippen molar-refractivity contribution in [3.63, 3.8) is 0 Å². The molecule has 1 aromatic heterocycles. The standard InChI is InChI=1S/C18H27N3/c1-15(2)9-10-16(3)19-11-12-21-14-18(13-20-21)17-7-5-4-6-8-17/h4-8,13-16,19H,9-12H2,1-3H3. The lowest BCUT2D eigenvalue weighted by molar-refractivity contribution is 0.435. The molecule has 0 fully saturated rings. The molecule has 0 spiro atoms. The number of hydrogen-bond acceptors (Lipinski definition) is 2. The zero-order chi connectivity index (χ0) is 15.1. The van der Waals surface area contributed by atoms with Crippen LogP contribution in [-0.2, 0) is 6.54 Å². The molecule has 1 heterocycles. The van der Waals surface area contributed by atoms with Crippen LogP contribution in [0.5, 0.6) is 0 Å². The van der Waals surface area contributed by atoms with E-state index in [0.717, 1.165) is 19.0 Å². The molecule has 0 aliphatic rings. The van der Waals surface area contributed by atoms with Gasteiger partial charge >= 0.3 is 0 Å². The molecule has 0 bridgehead atoms. The van der Waals surface area contributed by atoms with Crippen molar-refractivity contribution in [2.24, 2.45) is 5.92 Å². The van der Waals surface area contributed by atoms with Gasteiger partial charge in [0.25, 0.3) is 0 Å². The van der Waals surface area contributed by atoms with Crippen molar-refractivity contribution in [2.75, 3.05) is 6.54 Å². The number of benzene rings is 1. The molecule has 1 aromatic carbocycles. The van der Waals surface area contributed by atoms with E-state index in [1.165, 1.54) is 24.0 Å². The largest absolute Gasteiger partial charge is 0.312 e. The van der Waals surface area contributed by atoms with E-state index in [4.69, 9.17) is 0 Å². The van der Waals surface area contributed by atoms with Crippen molar-refractivity contribution >= 4 is 0 Å². The van der Waals surface area contributed by atoms with Crippen molar-refractivity contribution in [2.45, 2.75) is 46.2 Å². The third kappa shape index (κ3) is 5.35. The summed E-state index contributed by atoms with van der Waals surface area (Å²) in [4.78, 5) is 0. The maximum Gasteiger partial charge on any atom is 0.0568 e. The van der Waals surface area contributed by atoms with E-state index in [9.17, 15) is 0 Å². The van der Waals surface area contributed by atoms with Gasteiger partial charge in [-0.05, 0) is 31.2 Å². The first-order chi connectivity index (χ1) is 10.1. The Labute approximate surface area is 128 Å². The topological polar surface area (TPSA) is 29.9 Å². The highest BCUT2D eigenvalue weighted by atomic mass is 15.3. The lowest BCUT2D eigenvalue weighted by atomic mass is 10.0. The maximum absolute atomic E-state index is 4.44. The Morgan fingerprint density at radius 1 is 1.05 bits per heavy atom. The van der Waals surface area contributed by atoms with Gasteiger partial charge in [0, 0.05) is 24.3 Å². The molecule has 1 atom stereocenters. The Kier molecular flexibility index (Phi) is 6.00. The quantitative estimate of drug-likeness (QED) is 0.795. The summed E-state index contributed by atoms with van der Waals surface area (Å²) in [6.45, 7) is 8.71. The molecule has 1 N–H and O–H groups in total. The van der Waals surface area contributed by atoms with Crippen molar-refractivity contribution in [3.8, 4) is 11.1 Å². The average molecular weight is 285 g/mol. The number of aromatic nitrogens is 2. The molecule has 2 rings (SSSR count). The van der Waals surface area contributed by atoms with E-state index in [-0.39, 0.29) is 0 Å². The number of hydrogen-bond donors (Lipinski definition) is 1. The monoisotopic (exact) mass is 285 g/mol. The second-order valence-electron chi connectivity index (χ2n) is 6.18. The Balaban J connectivity index is 1.76. The van der Waals surface area contributed by atoms with Crippen LogP contribution >= 0.6 is 0 Å². The van der Waals surface area contributed by atoms with Crippen LogP contribution in [0.3, 0.4) is 0 Å². The van der Waals surface area contributed by atoms with E-state index in [2.05, 4.69) is 61.6 Å². The van der Waals surface area contributed by atoms with E-state index >= 15 is 0 Å². The zero-order valence-corrected chi connectivity index (χ0v) is 13.4. The summed E-state index contributed by atoms with van der Waals surface area (Å²) in [7, 11) is 0. The van der Waals surface area contributed by atoms with Crippen molar-refractivity contribution in [3.05, 3.63) is 42.7 Å². The summed E-state index contributed by atoms with van der Waals surface area (Å²) in [5.41, 5.74) is 2.41. The third-order valence-corrected chi connectivity index (χ3v) is 3.75. The lowest BCUT2D eigenvalue weighted by Crippen LogP contribution is -2.29. The van der Waals surface area contributed by atoms with Gasteiger partial charge in [0.15, 0.2) is 0 Å². The Bertz CT molecular complexity index is 516. The average Bonchev–Trinajstić information content (AvgIpc) is 2.95. The molecule has 114 valence electrons. The Hall–Kier alpha value is -1.61. The van der Waals surface area contributed by atoms with Crippen LogP contribution in [0.1, 0.15) is 33.6 Å². The minimum Gasteiger partial charge on any atom is -0.312 e. The summed E-state index contributed by atoms with van der Waals surface area (Å²) in [5, 5.41) is 8.01. The van der Waals surface area contributed by atoms with Gasteiger partial charge in [-0.25, -0.2) is 0 Å². The molecule has 0 saturated heterocycles. The normalized spacial score (nSPS) is 12.8. The van der Waals surface area contributed by atoms with Gasteiger partial charge in [0.05, 0.1) is 12.7 Å². The number of nitrogens with one attached hydrogen (secondary N) is 1. The lowest BCUT2D eigenvalue weighted by Gasteiger charge is -2.14. The first kappa shape index (κ1) is 15.8.